The van der Waals surface area contributed by atoms with Crippen molar-refractivity contribution in [2.24, 2.45) is 0 Å². The Bertz CT molecular complexity index is 843. The number of nitrogens with one attached hydrogen (secondary N) is 1. The van der Waals surface area contributed by atoms with Crippen molar-refractivity contribution < 1.29 is 0 Å². The molecule has 1 N–H and O–H groups in total. The first-order valence-corrected chi connectivity index (χ1v) is 8.33. The summed E-state index contributed by atoms with van der Waals surface area (Å²) in [5.41, 5.74) is 6.78. The first-order chi connectivity index (χ1) is 11.3. The molecule has 3 aromatic rings. The Kier molecular flexibility index (Phi) is 3.76. The fourth-order valence-electron chi connectivity index (χ4n) is 3.55. The van der Waals surface area contributed by atoms with Gasteiger partial charge in [-0.1, -0.05) is 54.6 Å². The van der Waals surface area contributed by atoms with Crippen molar-refractivity contribution >= 4 is 16.5 Å². The Labute approximate surface area is 137 Å². The normalized spacial score (nSPS) is 15.8. The zero-order chi connectivity index (χ0) is 15.6. The summed E-state index contributed by atoms with van der Waals surface area (Å²) in [7, 11) is 0. The van der Waals surface area contributed by atoms with Gasteiger partial charge in [-0.15, -0.1) is 0 Å². The second-order valence-corrected chi connectivity index (χ2v) is 6.41. The van der Waals surface area contributed by atoms with Gasteiger partial charge in [0.05, 0.1) is 0 Å². The third-order valence-electron chi connectivity index (χ3n) is 4.75. The molecule has 23 heavy (non-hydrogen) atoms. The lowest BCUT2D eigenvalue weighted by Crippen LogP contribution is -2.28. The number of hydrogen-bond acceptors (Lipinski definition) is 1. The van der Waals surface area contributed by atoms with Crippen LogP contribution in [-0.2, 0) is 6.54 Å². The van der Waals surface area contributed by atoms with Crippen molar-refractivity contribution in [3.8, 4) is 0 Å². The number of nitrogens with zero attached hydrogens (tertiary/aromatic N) is 1. The van der Waals surface area contributed by atoms with Crippen LogP contribution in [0.2, 0.25) is 0 Å². The van der Waals surface area contributed by atoms with Gasteiger partial charge in [0.15, 0.2) is 0 Å². The van der Waals surface area contributed by atoms with E-state index in [0.717, 1.165) is 26.1 Å². The van der Waals surface area contributed by atoms with Crippen LogP contribution in [0.3, 0.4) is 0 Å². The highest BCUT2D eigenvalue weighted by molar-refractivity contribution is 5.94. The monoisotopic (exact) mass is 302 g/mol. The van der Waals surface area contributed by atoms with Crippen LogP contribution in [0.5, 0.6) is 0 Å². The molecule has 1 aliphatic heterocycles. The molecule has 0 bridgehead atoms. The molecule has 2 aromatic carbocycles. The van der Waals surface area contributed by atoms with E-state index in [2.05, 4.69) is 77.6 Å². The van der Waals surface area contributed by atoms with Crippen molar-refractivity contribution in [1.29, 1.82) is 0 Å². The van der Waals surface area contributed by atoms with Gasteiger partial charge in [0.1, 0.15) is 0 Å². The molecule has 0 amide bonds. The minimum atomic E-state index is 1.02. The largest absolute Gasteiger partial charge is 0.360 e. The van der Waals surface area contributed by atoms with Crippen LogP contribution in [0.15, 0.2) is 60.8 Å². The van der Waals surface area contributed by atoms with Gasteiger partial charge in [-0.25, -0.2) is 0 Å². The first-order valence-electron chi connectivity index (χ1n) is 8.33. The number of fused-ring (bicyclic) bond motifs is 1. The summed E-state index contributed by atoms with van der Waals surface area (Å²) in [4.78, 5) is 6.00. The number of benzene rings is 2. The zero-order valence-electron chi connectivity index (χ0n) is 13.5. The summed E-state index contributed by atoms with van der Waals surface area (Å²) < 4.78 is 0. The molecule has 1 aromatic heterocycles. The van der Waals surface area contributed by atoms with E-state index in [-0.39, 0.29) is 0 Å². The van der Waals surface area contributed by atoms with Crippen molar-refractivity contribution in [2.75, 3.05) is 13.1 Å². The van der Waals surface area contributed by atoms with Crippen LogP contribution in [-0.4, -0.2) is 23.0 Å². The Morgan fingerprint density at radius 2 is 1.91 bits per heavy atom. The maximum absolute atomic E-state index is 3.46. The number of aromatic nitrogens is 1. The highest BCUT2D eigenvalue weighted by atomic mass is 15.1. The number of H-pyrrole nitrogens is 1. The highest BCUT2D eigenvalue weighted by Gasteiger charge is 2.17. The van der Waals surface area contributed by atoms with E-state index in [0.29, 0.717) is 0 Å². The minimum Gasteiger partial charge on any atom is -0.360 e. The third kappa shape index (κ3) is 2.82. The van der Waals surface area contributed by atoms with E-state index in [9.17, 15) is 0 Å². The zero-order valence-corrected chi connectivity index (χ0v) is 13.5. The maximum Gasteiger partial charge on any atom is 0.0489 e. The molecule has 116 valence electrons. The quantitative estimate of drug-likeness (QED) is 0.738. The molecule has 2 heteroatoms. The molecule has 0 aliphatic carbocycles. The number of aryl methyl sites for hydroxylation is 1. The van der Waals surface area contributed by atoms with E-state index in [1.165, 1.54) is 33.2 Å². The second-order valence-electron chi connectivity index (χ2n) is 6.41. The molecule has 0 unspecified atom stereocenters. The van der Waals surface area contributed by atoms with Gasteiger partial charge >= 0.3 is 0 Å². The molecule has 0 spiro atoms. The highest BCUT2D eigenvalue weighted by Crippen LogP contribution is 2.29. The molecule has 4 rings (SSSR count). The smallest absolute Gasteiger partial charge is 0.0489 e. The van der Waals surface area contributed by atoms with Gasteiger partial charge in [0, 0.05) is 42.3 Å². The SMILES string of the molecule is Cc1cccc2c(C3=CCCN(Cc4ccccc4)C3)c[nH]c12. The van der Waals surface area contributed by atoms with Crippen LogP contribution in [0.4, 0.5) is 0 Å². The number of para-hydroxylation sites is 1. The van der Waals surface area contributed by atoms with Crippen LogP contribution >= 0.6 is 0 Å². The van der Waals surface area contributed by atoms with Gasteiger partial charge < -0.3 is 4.98 Å². The molecule has 0 atom stereocenters. The average molecular weight is 302 g/mol. The fourth-order valence-corrected chi connectivity index (χ4v) is 3.55. The van der Waals surface area contributed by atoms with Gasteiger partial charge in [-0.2, -0.15) is 0 Å². The summed E-state index contributed by atoms with van der Waals surface area (Å²) >= 11 is 0. The summed E-state index contributed by atoms with van der Waals surface area (Å²) in [6, 6.07) is 17.3. The minimum absolute atomic E-state index is 1.02. The molecular weight excluding hydrogens is 280 g/mol. The Balaban J connectivity index is 1.59. The molecule has 0 fully saturated rings. The second kappa shape index (κ2) is 6.05. The van der Waals surface area contributed by atoms with Gasteiger partial charge in [-0.05, 0) is 30.0 Å². The number of rotatable bonds is 3. The van der Waals surface area contributed by atoms with Crippen molar-refractivity contribution in [3.05, 3.63) is 77.5 Å². The summed E-state index contributed by atoms with van der Waals surface area (Å²) in [5.74, 6) is 0. The molecule has 0 saturated heterocycles. The van der Waals surface area contributed by atoms with Crippen molar-refractivity contribution in [3.63, 3.8) is 0 Å². The molecule has 1 aliphatic rings. The van der Waals surface area contributed by atoms with Crippen LogP contribution in [0, 0.1) is 6.92 Å². The lowest BCUT2D eigenvalue weighted by Gasteiger charge is -2.27. The lowest BCUT2D eigenvalue weighted by molar-refractivity contribution is 0.296. The van der Waals surface area contributed by atoms with Crippen LogP contribution in [0.25, 0.3) is 16.5 Å². The number of aromatic amines is 1. The van der Waals surface area contributed by atoms with E-state index in [1.54, 1.807) is 0 Å². The van der Waals surface area contributed by atoms with E-state index >= 15 is 0 Å². The van der Waals surface area contributed by atoms with Crippen molar-refractivity contribution in [1.82, 2.24) is 9.88 Å². The maximum atomic E-state index is 3.46. The van der Waals surface area contributed by atoms with Gasteiger partial charge in [0.2, 0.25) is 0 Å². The van der Waals surface area contributed by atoms with Gasteiger partial charge in [0.25, 0.3) is 0 Å². The molecule has 0 radical (unpaired) electrons. The summed E-state index contributed by atoms with van der Waals surface area (Å²) in [6.45, 7) is 5.36. The van der Waals surface area contributed by atoms with E-state index in [1.807, 2.05) is 0 Å². The summed E-state index contributed by atoms with van der Waals surface area (Å²) in [6.07, 6.45) is 5.71. The van der Waals surface area contributed by atoms with Gasteiger partial charge in [-0.3, -0.25) is 4.90 Å². The molecule has 2 nitrogen and oxygen atoms in total. The Morgan fingerprint density at radius 1 is 1.04 bits per heavy atom. The topological polar surface area (TPSA) is 19.0 Å². The van der Waals surface area contributed by atoms with Crippen LogP contribution < -0.4 is 0 Å². The standard InChI is InChI=1S/C21H22N2/c1-16-7-5-11-19-20(13-22-21(16)19)18-10-6-12-23(15-18)14-17-8-3-2-4-9-17/h2-5,7-11,13,22H,6,12,14-15H2,1H3. The average Bonchev–Trinajstić information content (AvgIpc) is 3.02. The van der Waals surface area contributed by atoms with Crippen molar-refractivity contribution in [2.45, 2.75) is 19.9 Å². The number of hydrogen-bond donors (Lipinski definition) is 1. The predicted octanol–water partition coefficient (Wildman–Crippen LogP) is 4.77. The Hall–Kier alpha value is -2.32. The lowest BCUT2D eigenvalue weighted by atomic mass is 9.99. The summed E-state index contributed by atoms with van der Waals surface area (Å²) in [5, 5.41) is 1.35. The van der Waals surface area contributed by atoms with E-state index < -0.39 is 0 Å². The molecule has 2 heterocycles. The van der Waals surface area contributed by atoms with Crippen LogP contribution in [0.1, 0.15) is 23.1 Å². The molecular formula is C21H22N2. The predicted molar refractivity (Wildman–Crippen MR) is 97.3 cm³/mol. The molecule has 0 saturated carbocycles. The fraction of sp³-hybridized carbons (Fsp3) is 0.238. The first kappa shape index (κ1) is 14.3. The third-order valence-corrected chi connectivity index (χ3v) is 4.75. The van der Waals surface area contributed by atoms with E-state index in [4.69, 9.17) is 0 Å². The Morgan fingerprint density at radius 3 is 2.78 bits per heavy atom.